The van der Waals surface area contributed by atoms with Crippen molar-refractivity contribution in [2.75, 3.05) is 31.7 Å². The molecular weight excluding hydrogens is 244 g/mol. The number of anilines is 1. The number of amides is 1. The first-order chi connectivity index (χ1) is 9.29. The van der Waals surface area contributed by atoms with Gasteiger partial charge in [0.1, 0.15) is 12.4 Å². The van der Waals surface area contributed by atoms with Crippen LogP contribution >= 0.6 is 0 Å². The van der Waals surface area contributed by atoms with E-state index >= 15 is 0 Å². The monoisotopic (exact) mass is 264 g/mol. The Kier molecular flexibility index (Phi) is 5.18. The van der Waals surface area contributed by atoms with E-state index in [0.717, 1.165) is 30.9 Å². The van der Waals surface area contributed by atoms with Gasteiger partial charge in [-0.25, -0.2) is 0 Å². The van der Waals surface area contributed by atoms with E-state index in [1.54, 1.807) is 0 Å². The molecule has 1 aromatic carbocycles. The molecule has 0 aromatic heterocycles. The van der Waals surface area contributed by atoms with Crippen molar-refractivity contribution in [3.63, 3.8) is 0 Å². The lowest BCUT2D eigenvalue weighted by atomic mass is 10.0. The van der Waals surface area contributed by atoms with Crippen LogP contribution in [0.1, 0.15) is 12.8 Å². The Balaban J connectivity index is 1.86. The Hall–Kier alpha value is -1.59. The quantitative estimate of drug-likeness (QED) is 0.843. The molecule has 104 valence electrons. The maximum Gasteiger partial charge on any atom is 0.229 e. The lowest BCUT2D eigenvalue weighted by molar-refractivity contribution is -0.123. The highest BCUT2D eigenvalue weighted by atomic mass is 16.5. The molecule has 3 N–H and O–H groups in total. The first kappa shape index (κ1) is 13.8. The van der Waals surface area contributed by atoms with Gasteiger partial charge in [-0.3, -0.25) is 4.79 Å². The summed E-state index contributed by atoms with van der Waals surface area (Å²) in [6.45, 7) is 2.26. The van der Waals surface area contributed by atoms with Crippen molar-refractivity contribution < 1.29 is 14.3 Å². The van der Waals surface area contributed by atoms with E-state index in [-0.39, 0.29) is 11.8 Å². The molecule has 1 amide bonds. The average Bonchev–Trinajstić information content (AvgIpc) is 2.47. The van der Waals surface area contributed by atoms with Gasteiger partial charge < -0.3 is 20.5 Å². The number of benzene rings is 1. The Labute approximate surface area is 113 Å². The molecule has 1 atom stereocenters. The molecule has 1 fully saturated rings. The molecule has 1 aliphatic rings. The molecule has 5 nitrogen and oxygen atoms in total. The molecule has 0 aliphatic carbocycles. The topological polar surface area (TPSA) is 73.6 Å². The predicted octanol–water partition coefficient (Wildman–Crippen LogP) is 1.39. The van der Waals surface area contributed by atoms with Crippen molar-refractivity contribution in [2.45, 2.75) is 12.8 Å². The second-order valence-electron chi connectivity index (χ2n) is 4.56. The van der Waals surface area contributed by atoms with Crippen molar-refractivity contribution in [3.8, 4) is 5.75 Å². The fourth-order valence-electron chi connectivity index (χ4n) is 2.00. The largest absolute Gasteiger partial charge is 0.492 e. The first-order valence-electron chi connectivity index (χ1n) is 6.61. The molecule has 2 rings (SSSR count). The smallest absolute Gasteiger partial charge is 0.229 e. The van der Waals surface area contributed by atoms with Crippen LogP contribution in [0.3, 0.4) is 0 Å². The Morgan fingerprint density at radius 2 is 2.21 bits per heavy atom. The number of nitrogens with two attached hydrogens (primary N) is 1. The van der Waals surface area contributed by atoms with E-state index in [1.807, 2.05) is 24.3 Å². The standard InChI is InChI=1S/C14H20N2O3/c15-7-9-19-13-5-3-12(4-6-13)16-14(17)11-2-1-8-18-10-11/h3-6,11H,1-2,7-10,15H2,(H,16,17). The minimum atomic E-state index is -0.0399. The number of carbonyl (C=O) groups excluding carboxylic acids is 1. The molecule has 1 heterocycles. The minimum Gasteiger partial charge on any atom is -0.492 e. The van der Waals surface area contributed by atoms with Crippen molar-refractivity contribution >= 4 is 11.6 Å². The van der Waals surface area contributed by atoms with Crippen molar-refractivity contribution in [1.82, 2.24) is 0 Å². The van der Waals surface area contributed by atoms with Gasteiger partial charge in [0.05, 0.1) is 12.5 Å². The van der Waals surface area contributed by atoms with Gasteiger partial charge in [0, 0.05) is 18.8 Å². The molecule has 1 aromatic rings. The molecule has 0 radical (unpaired) electrons. The Morgan fingerprint density at radius 1 is 1.42 bits per heavy atom. The number of hydrogen-bond acceptors (Lipinski definition) is 4. The predicted molar refractivity (Wildman–Crippen MR) is 73.2 cm³/mol. The number of carbonyl (C=O) groups is 1. The van der Waals surface area contributed by atoms with Gasteiger partial charge in [-0.05, 0) is 37.1 Å². The number of rotatable bonds is 5. The molecule has 0 saturated carbocycles. The molecule has 0 spiro atoms. The van der Waals surface area contributed by atoms with Crippen LogP contribution in [0, 0.1) is 5.92 Å². The van der Waals surface area contributed by atoms with Crippen molar-refractivity contribution in [2.24, 2.45) is 11.7 Å². The molecule has 1 unspecified atom stereocenters. The Morgan fingerprint density at radius 3 is 2.84 bits per heavy atom. The summed E-state index contributed by atoms with van der Waals surface area (Å²) in [5, 5.41) is 2.90. The highest BCUT2D eigenvalue weighted by Gasteiger charge is 2.21. The van der Waals surface area contributed by atoms with Gasteiger partial charge in [-0.1, -0.05) is 0 Å². The lowest BCUT2D eigenvalue weighted by Gasteiger charge is -2.21. The van der Waals surface area contributed by atoms with E-state index in [2.05, 4.69) is 5.32 Å². The summed E-state index contributed by atoms with van der Waals surface area (Å²) < 4.78 is 10.7. The summed E-state index contributed by atoms with van der Waals surface area (Å²) in [6.07, 6.45) is 1.84. The molecule has 1 aliphatic heterocycles. The summed E-state index contributed by atoms with van der Waals surface area (Å²) in [6, 6.07) is 7.30. The van der Waals surface area contributed by atoms with Gasteiger partial charge in [-0.2, -0.15) is 0 Å². The van der Waals surface area contributed by atoms with Gasteiger partial charge in [-0.15, -0.1) is 0 Å². The number of nitrogens with one attached hydrogen (secondary N) is 1. The van der Waals surface area contributed by atoms with Crippen molar-refractivity contribution in [1.29, 1.82) is 0 Å². The van der Waals surface area contributed by atoms with Crippen LogP contribution < -0.4 is 15.8 Å². The van der Waals surface area contributed by atoms with Crippen LogP contribution in [-0.4, -0.2) is 32.3 Å². The zero-order valence-corrected chi connectivity index (χ0v) is 10.9. The van der Waals surface area contributed by atoms with Crippen LogP contribution in [0.5, 0.6) is 5.75 Å². The maximum absolute atomic E-state index is 12.0. The third-order valence-electron chi connectivity index (χ3n) is 3.04. The summed E-state index contributed by atoms with van der Waals surface area (Å²) >= 11 is 0. The molecule has 5 heteroatoms. The van der Waals surface area contributed by atoms with Crippen LogP contribution in [0.2, 0.25) is 0 Å². The Bertz CT molecular complexity index is 400. The van der Waals surface area contributed by atoms with Gasteiger partial charge in [0.15, 0.2) is 0 Å². The second-order valence-corrected chi connectivity index (χ2v) is 4.56. The van der Waals surface area contributed by atoms with Crippen molar-refractivity contribution in [3.05, 3.63) is 24.3 Å². The third kappa shape index (κ3) is 4.22. The van der Waals surface area contributed by atoms with Crippen LogP contribution in [0.4, 0.5) is 5.69 Å². The second kappa shape index (κ2) is 7.11. The van der Waals surface area contributed by atoms with Gasteiger partial charge >= 0.3 is 0 Å². The number of hydrogen-bond donors (Lipinski definition) is 2. The van der Waals surface area contributed by atoms with E-state index in [9.17, 15) is 4.79 Å². The highest BCUT2D eigenvalue weighted by molar-refractivity contribution is 5.92. The van der Waals surface area contributed by atoms with Crippen LogP contribution in [0.25, 0.3) is 0 Å². The SMILES string of the molecule is NCCOc1ccc(NC(=O)C2CCCOC2)cc1. The van der Waals surface area contributed by atoms with E-state index < -0.39 is 0 Å². The van der Waals surface area contributed by atoms with E-state index in [0.29, 0.717) is 19.8 Å². The maximum atomic E-state index is 12.0. The van der Waals surface area contributed by atoms with E-state index in [1.165, 1.54) is 0 Å². The zero-order chi connectivity index (χ0) is 13.5. The summed E-state index contributed by atoms with van der Waals surface area (Å²) in [4.78, 5) is 12.0. The summed E-state index contributed by atoms with van der Waals surface area (Å²) in [5.41, 5.74) is 6.13. The molecule has 1 saturated heterocycles. The molecule has 0 bridgehead atoms. The summed E-state index contributed by atoms with van der Waals surface area (Å²) in [7, 11) is 0. The van der Waals surface area contributed by atoms with Crippen LogP contribution in [0.15, 0.2) is 24.3 Å². The minimum absolute atomic E-state index is 0.0235. The third-order valence-corrected chi connectivity index (χ3v) is 3.04. The fraction of sp³-hybridized carbons (Fsp3) is 0.500. The average molecular weight is 264 g/mol. The summed E-state index contributed by atoms with van der Waals surface area (Å²) in [5.74, 6) is 0.738. The fourth-order valence-corrected chi connectivity index (χ4v) is 2.00. The highest BCUT2D eigenvalue weighted by Crippen LogP contribution is 2.19. The van der Waals surface area contributed by atoms with Gasteiger partial charge in [0.25, 0.3) is 0 Å². The van der Waals surface area contributed by atoms with Crippen LogP contribution in [-0.2, 0) is 9.53 Å². The van der Waals surface area contributed by atoms with E-state index in [4.69, 9.17) is 15.2 Å². The normalized spacial score (nSPS) is 18.9. The molecular formula is C14H20N2O3. The zero-order valence-electron chi connectivity index (χ0n) is 10.9. The number of ether oxygens (including phenoxy) is 2. The molecule has 19 heavy (non-hydrogen) atoms. The van der Waals surface area contributed by atoms with Gasteiger partial charge in [0.2, 0.25) is 5.91 Å². The lowest BCUT2D eigenvalue weighted by Crippen LogP contribution is -2.30. The first-order valence-corrected chi connectivity index (χ1v) is 6.61.